The number of hydrogen-bond acceptors (Lipinski definition) is 3. The zero-order valence-corrected chi connectivity index (χ0v) is 7.14. The van der Waals surface area contributed by atoms with Gasteiger partial charge in [-0.1, -0.05) is 0 Å². The maximum Gasteiger partial charge on any atom is 0.331 e. The highest BCUT2D eigenvalue weighted by Crippen LogP contribution is 2.10. The minimum atomic E-state index is -0.196. The second-order valence-electron chi connectivity index (χ2n) is 2.95. The van der Waals surface area contributed by atoms with E-state index in [1.807, 2.05) is 0 Å². The highest BCUT2D eigenvalue weighted by atomic mass is 16.1. The summed E-state index contributed by atoms with van der Waals surface area (Å²) in [5.74, 6) is 0. The molecule has 0 fully saturated rings. The lowest BCUT2D eigenvalue weighted by atomic mass is 10.3. The Bertz CT molecular complexity index is 667. The second-order valence-corrected chi connectivity index (χ2v) is 2.95. The monoisotopic (exact) mass is 186 g/mol. The van der Waals surface area contributed by atoms with Crippen LogP contribution in [-0.2, 0) is 0 Å². The fourth-order valence-electron chi connectivity index (χ4n) is 1.50. The Labute approximate surface area is 78.1 Å². The Morgan fingerprint density at radius 2 is 2.21 bits per heavy atom. The Hall–Kier alpha value is -2.17. The van der Waals surface area contributed by atoms with Gasteiger partial charge in [0, 0.05) is 18.6 Å². The first kappa shape index (κ1) is 7.25. The number of aromatic nitrogens is 4. The lowest BCUT2D eigenvalue weighted by Crippen LogP contribution is -2.15. The molecule has 0 aliphatic carbocycles. The summed E-state index contributed by atoms with van der Waals surface area (Å²) >= 11 is 0. The van der Waals surface area contributed by atoms with Crippen LogP contribution in [0, 0.1) is 0 Å². The van der Waals surface area contributed by atoms with Crippen LogP contribution in [0.1, 0.15) is 0 Å². The number of imidazole rings is 1. The van der Waals surface area contributed by atoms with E-state index in [1.165, 1.54) is 4.40 Å². The Morgan fingerprint density at radius 3 is 3.14 bits per heavy atom. The summed E-state index contributed by atoms with van der Waals surface area (Å²) in [6.07, 6.45) is 4.87. The second kappa shape index (κ2) is 2.41. The van der Waals surface area contributed by atoms with Gasteiger partial charge >= 0.3 is 5.69 Å². The van der Waals surface area contributed by atoms with E-state index in [2.05, 4.69) is 15.0 Å². The van der Waals surface area contributed by atoms with Crippen LogP contribution in [0.4, 0.5) is 0 Å². The van der Waals surface area contributed by atoms with Crippen LogP contribution in [0.15, 0.2) is 35.5 Å². The molecule has 0 amide bonds. The first-order chi connectivity index (χ1) is 6.86. The van der Waals surface area contributed by atoms with Crippen molar-refractivity contribution in [3.05, 3.63) is 41.2 Å². The normalized spacial score (nSPS) is 11.1. The average Bonchev–Trinajstić information content (AvgIpc) is 2.67. The van der Waals surface area contributed by atoms with E-state index >= 15 is 0 Å². The molecule has 3 rings (SSSR count). The van der Waals surface area contributed by atoms with Gasteiger partial charge in [0.15, 0.2) is 5.65 Å². The number of aromatic amines is 1. The molecule has 0 aliphatic rings. The Balaban J connectivity index is 2.73. The highest BCUT2D eigenvalue weighted by Gasteiger charge is 2.04. The van der Waals surface area contributed by atoms with Gasteiger partial charge in [-0.15, -0.1) is 0 Å². The van der Waals surface area contributed by atoms with Crippen LogP contribution < -0.4 is 5.69 Å². The quantitative estimate of drug-likeness (QED) is 0.558. The molecule has 0 radical (unpaired) electrons. The third-order valence-corrected chi connectivity index (χ3v) is 2.12. The molecule has 14 heavy (non-hydrogen) atoms. The zero-order chi connectivity index (χ0) is 9.54. The molecule has 0 bridgehead atoms. The molecule has 0 spiro atoms. The number of hydrogen-bond donors (Lipinski definition) is 1. The van der Waals surface area contributed by atoms with E-state index < -0.39 is 0 Å². The smallest absolute Gasteiger partial charge is 0.305 e. The first-order valence-corrected chi connectivity index (χ1v) is 4.16. The van der Waals surface area contributed by atoms with Gasteiger partial charge < -0.3 is 4.98 Å². The van der Waals surface area contributed by atoms with Crippen molar-refractivity contribution in [2.24, 2.45) is 0 Å². The molecule has 0 unspecified atom stereocenters. The summed E-state index contributed by atoms with van der Waals surface area (Å²) in [5.41, 5.74) is 1.80. The number of nitrogens with zero attached hydrogens (tertiary/aromatic N) is 3. The van der Waals surface area contributed by atoms with Crippen molar-refractivity contribution < 1.29 is 0 Å². The van der Waals surface area contributed by atoms with E-state index in [-0.39, 0.29) is 5.69 Å². The van der Waals surface area contributed by atoms with Crippen LogP contribution in [0.3, 0.4) is 0 Å². The van der Waals surface area contributed by atoms with Crippen LogP contribution in [0.5, 0.6) is 0 Å². The molecule has 5 nitrogen and oxygen atoms in total. The van der Waals surface area contributed by atoms with Gasteiger partial charge in [0.1, 0.15) is 5.52 Å². The number of H-pyrrole nitrogens is 1. The molecule has 3 aromatic heterocycles. The van der Waals surface area contributed by atoms with E-state index in [1.54, 1.807) is 30.7 Å². The van der Waals surface area contributed by atoms with Crippen LogP contribution >= 0.6 is 0 Å². The molecule has 1 N–H and O–H groups in total. The maximum atomic E-state index is 11.5. The summed E-state index contributed by atoms with van der Waals surface area (Å²) in [6.45, 7) is 0. The molecule has 3 heterocycles. The largest absolute Gasteiger partial charge is 0.331 e. The van der Waals surface area contributed by atoms with Crippen molar-refractivity contribution in [1.82, 2.24) is 19.4 Å². The third kappa shape index (κ3) is 0.806. The lowest BCUT2D eigenvalue weighted by molar-refractivity contribution is 1.03. The fourth-order valence-corrected chi connectivity index (χ4v) is 1.50. The molecular weight excluding hydrogens is 180 g/mol. The number of pyridine rings is 1. The van der Waals surface area contributed by atoms with E-state index in [9.17, 15) is 4.79 Å². The van der Waals surface area contributed by atoms with Crippen molar-refractivity contribution in [3.63, 3.8) is 0 Å². The van der Waals surface area contributed by atoms with Gasteiger partial charge in [0.05, 0.1) is 5.52 Å². The predicted molar refractivity (Wildman–Crippen MR) is 51.1 cm³/mol. The van der Waals surface area contributed by atoms with Crippen LogP contribution in [0.2, 0.25) is 0 Å². The maximum absolute atomic E-state index is 11.5. The van der Waals surface area contributed by atoms with Crippen LogP contribution in [0.25, 0.3) is 16.7 Å². The molecule has 0 aromatic carbocycles. The van der Waals surface area contributed by atoms with Crippen molar-refractivity contribution in [3.8, 4) is 0 Å². The van der Waals surface area contributed by atoms with Gasteiger partial charge in [0.2, 0.25) is 0 Å². The van der Waals surface area contributed by atoms with Gasteiger partial charge in [-0.25, -0.2) is 14.2 Å². The predicted octanol–water partition coefficient (Wildman–Crippen LogP) is 0.571. The molecule has 68 valence electrons. The van der Waals surface area contributed by atoms with Crippen molar-refractivity contribution >= 4 is 16.7 Å². The Morgan fingerprint density at radius 1 is 1.29 bits per heavy atom. The minimum absolute atomic E-state index is 0.196. The molecule has 0 atom stereocenters. The summed E-state index contributed by atoms with van der Waals surface area (Å²) in [6, 6.07) is 3.58. The van der Waals surface area contributed by atoms with Crippen LogP contribution in [-0.4, -0.2) is 19.4 Å². The van der Waals surface area contributed by atoms with Gasteiger partial charge in [-0.2, -0.15) is 0 Å². The summed E-state index contributed by atoms with van der Waals surface area (Å²) in [5, 5.41) is 0. The highest BCUT2D eigenvalue weighted by molar-refractivity contribution is 5.86. The number of fused-ring (bicyclic) bond motifs is 3. The molecule has 0 saturated heterocycles. The summed E-state index contributed by atoms with van der Waals surface area (Å²) in [4.78, 5) is 22.5. The SMILES string of the molecule is O=c1[nH]c2cccnc2c2nccn12. The van der Waals surface area contributed by atoms with E-state index in [0.29, 0.717) is 16.7 Å². The molecular formula is C9H6N4O. The molecule has 0 aliphatic heterocycles. The topological polar surface area (TPSA) is 63.0 Å². The average molecular weight is 186 g/mol. The Kier molecular flexibility index (Phi) is 1.25. The third-order valence-electron chi connectivity index (χ3n) is 2.12. The zero-order valence-electron chi connectivity index (χ0n) is 7.14. The fraction of sp³-hybridized carbons (Fsp3) is 0. The minimum Gasteiger partial charge on any atom is -0.305 e. The van der Waals surface area contributed by atoms with Gasteiger partial charge in [-0.3, -0.25) is 4.98 Å². The first-order valence-electron chi connectivity index (χ1n) is 4.16. The standard InChI is InChI=1S/C9H6N4O/c14-9-12-6-2-1-3-10-7(6)8-11-4-5-13(8)9/h1-5H,(H,12,14). The van der Waals surface area contributed by atoms with Gasteiger partial charge in [0.25, 0.3) is 0 Å². The number of nitrogens with one attached hydrogen (secondary N) is 1. The van der Waals surface area contributed by atoms with Crippen molar-refractivity contribution in [2.45, 2.75) is 0 Å². The van der Waals surface area contributed by atoms with Crippen molar-refractivity contribution in [1.29, 1.82) is 0 Å². The van der Waals surface area contributed by atoms with Gasteiger partial charge in [-0.05, 0) is 12.1 Å². The van der Waals surface area contributed by atoms with E-state index in [4.69, 9.17) is 0 Å². The van der Waals surface area contributed by atoms with E-state index in [0.717, 1.165) is 0 Å². The molecule has 3 aromatic rings. The van der Waals surface area contributed by atoms with Crippen molar-refractivity contribution in [2.75, 3.05) is 0 Å². The lowest BCUT2D eigenvalue weighted by Gasteiger charge is -1.97. The summed E-state index contributed by atoms with van der Waals surface area (Å²) < 4.78 is 1.44. The molecule has 5 heteroatoms. The summed E-state index contributed by atoms with van der Waals surface area (Å²) in [7, 11) is 0. The number of rotatable bonds is 0. The molecule has 0 saturated carbocycles.